The van der Waals surface area contributed by atoms with E-state index in [0.29, 0.717) is 5.56 Å². The van der Waals surface area contributed by atoms with Gasteiger partial charge >= 0.3 is 6.09 Å². The second-order valence-corrected chi connectivity index (χ2v) is 6.46. The number of non-ortho nitro benzene ring substituents is 1. The van der Waals surface area contributed by atoms with Gasteiger partial charge in [-0.1, -0.05) is 12.1 Å². The summed E-state index contributed by atoms with van der Waals surface area (Å²) in [6.45, 7) is 8.72. The van der Waals surface area contributed by atoms with Crippen molar-refractivity contribution < 1.29 is 14.5 Å². The molecule has 1 aromatic carbocycles. The van der Waals surface area contributed by atoms with Crippen LogP contribution in [-0.2, 0) is 10.3 Å². The molecule has 2 atom stereocenters. The van der Waals surface area contributed by atoms with Gasteiger partial charge in [0.2, 0.25) is 0 Å². The smallest absolute Gasteiger partial charge is 0.407 e. The van der Waals surface area contributed by atoms with Gasteiger partial charge in [0.05, 0.1) is 16.5 Å². The number of ether oxygens (including phenoxy) is 1. The molecule has 122 valence electrons. The first kappa shape index (κ1) is 17.9. The summed E-state index contributed by atoms with van der Waals surface area (Å²) in [5.41, 5.74) is 5.19. The van der Waals surface area contributed by atoms with Gasteiger partial charge < -0.3 is 15.8 Å². The number of amides is 1. The third kappa shape index (κ3) is 4.70. The van der Waals surface area contributed by atoms with E-state index in [2.05, 4.69) is 5.32 Å². The zero-order valence-corrected chi connectivity index (χ0v) is 13.5. The van der Waals surface area contributed by atoms with Crippen LogP contribution in [0.1, 0.15) is 40.2 Å². The fraction of sp³-hybridized carbons (Fsp3) is 0.533. The molecule has 1 amide bonds. The summed E-state index contributed by atoms with van der Waals surface area (Å²) in [6, 6.07) is 5.59. The third-order valence-corrected chi connectivity index (χ3v) is 3.31. The topological polar surface area (TPSA) is 107 Å². The fourth-order valence-corrected chi connectivity index (χ4v) is 1.84. The van der Waals surface area contributed by atoms with E-state index in [0.717, 1.165) is 0 Å². The molecule has 0 radical (unpaired) electrons. The number of benzene rings is 1. The highest BCUT2D eigenvalue weighted by molar-refractivity contribution is 5.68. The molecule has 0 aliphatic heterocycles. The minimum atomic E-state index is -0.983. The molecule has 0 spiro atoms. The molecule has 7 heteroatoms. The SMILES string of the molecule is CC(NC(=O)OC(C)(C)C)C(C)(N)c1cccc([N+](=O)[O-])c1. The zero-order valence-electron chi connectivity index (χ0n) is 13.5. The first-order valence-corrected chi connectivity index (χ1v) is 6.97. The van der Waals surface area contributed by atoms with Crippen LogP contribution in [0.5, 0.6) is 0 Å². The van der Waals surface area contributed by atoms with Crippen molar-refractivity contribution in [2.75, 3.05) is 0 Å². The van der Waals surface area contributed by atoms with Gasteiger partial charge in [-0.05, 0) is 40.2 Å². The molecule has 0 fully saturated rings. The number of nitro groups is 1. The minimum absolute atomic E-state index is 0.0429. The Balaban J connectivity index is 2.91. The maximum atomic E-state index is 11.8. The molecule has 7 nitrogen and oxygen atoms in total. The number of alkyl carbamates (subject to hydrolysis) is 1. The Morgan fingerprint density at radius 1 is 1.36 bits per heavy atom. The zero-order chi connectivity index (χ0) is 17.1. The molecular weight excluding hydrogens is 286 g/mol. The van der Waals surface area contributed by atoms with Gasteiger partial charge in [0.25, 0.3) is 5.69 Å². The van der Waals surface area contributed by atoms with E-state index in [4.69, 9.17) is 10.5 Å². The normalized spacial score (nSPS) is 15.5. The summed E-state index contributed by atoms with van der Waals surface area (Å²) in [5, 5.41) is 13.5. The van der Waals surface area contributed by atoms with Crippen LogP contribution in [0.2, 0.25) is 0 Å². The molecule has 22 heavy (non-hydrogen) atoms. The average Bonchev–Trinajstić information content (AvgIpc) is 2.36. The van der Waals surface area contributed by atoms with Crippen molar-refractivity contribution >= 4 is 11.8 Å². The number of hydrogen-bond donors (Lipinski definition) is 2. The predicted molar refractivity (Wildman–Crippen MR) is 83.5 cm³/mol. The second kappa shape index (κ2) is 6.31. The van der Waals surface area contributed by atoms with E-state index in [1.807, 2.05) is 0 Å². The van der Waals surface area contributed by atoms with Gasteiger partial charge in [-0.2, -0.15) is 0 Å². The molecule has 2 unspecified atom stereocenters. The van der Waals surface area contributed by atoms with Gasteiger partial charge in [-0.25, -0.2) is 4.79 Å². The Kier molecular flexibility index (Phi) is 5.13. The summed E-state index contributed by atoms with van der Waals surface area (Å²) < 4.78 is 5.19. The summed E-state index contributed by atoms with van der Waals surface area (Å²) in [4.78, 5) is 22.2. The van der Waals surface area contributed by atoms with Gasteiger partial charge in [0.15, 0.2) is 0 Å². The van der Waals surface area contributed by atoms with E-state index < -0.39 is 28.2 Å². The molecule has 1 rings (SSSR count). The van der Waals surface area contributed by atoms with Crippen LogP contribution in [0.25, 0.3) is 0 Å². The van der Waals surface area contributed by atoms with Crippen molar-refractivity contribution in [1.82, 2.24) is 5.32 Å². The van der Waals surface area contributed by atoms with E-state index in [1.54, 1.807) is 46.8 Å². The molecular formula is C15H23N3O4. The van der Waals surface area contributed by atoms with Gasteiger partial charge in [-0.15, -0.1) is 0 Å². The van der Waals surface area contributed by atoms with Crippen LogP contribution in [0, 0.1) is 10.1 Å². The largest absolute Gasteiger partial charge is 0.444 e. The lowest BCUT2D eigenvalue weighted by Gasteiger charge is -2.33. The van der Waals surface area contributed by atoms with Crippen LogP contribution in [0.4, 0.5) is 10.5 Å². The van der Waals surface area contributed by atoms with Crippen LogP contribution in [0.3, 0.4) is 0 Å². The highest BCUT2D eigenvalue weighted by Crippen LogP contribution is 2.25. The number of rotatable bonds is 4. The van der Waals surface area contributed by atoms with Gasteiger partial charge in [0.1, 0.15) is 5.60 Å². The summed E-state index contributed by atoms with van der Waals surface area (Å²) in [6.07, 6.45) is -0.581. The molecule has 0 saturated carbocycles. The van der Waals surface area contributed by atoms with Gasteiger partial charge in [0, 0.05) is 12.1 Å². The molecule has 0 bridgehead atoms. The van der Waals surface area contributed by atoms with Crippen molar-refractivity contribution in [1.29, 1.82) is 0 Å². The molecule has 0 heterocycles. The monoisotopic (exact) mass is 309 g/mol. The lowest BCUT2D eigenvalue weighted by molar-refractivity contribution is -0.385. The van der Waals surface area contributed by atoms with E-state index in [9.17, 15) is 14.9 Å². The molecule has 0 aliphatic carbocycles. The Morgan fingerprint density at radius 3 is 2.45 bits per heavy atom. The number of nitro benzene ring substituents is 1. The lowest BCUT2D eigenvalue weighted by atomic mass is 9.86. The van der Waals surface area contributed by atoms with Crippen LogP contribution in [-0.4, -0.2) is 22.7 Å². The summed E-state index contributed by atoms with van der Waals surface area (Å²) >= 11 is 0. The van der Waals surface area contributed by atoms with Crippen molar-refractivity contribution in [3.8, 4) is 0 Å². The Hall–Kier alpha value is -2.15. The van der Waals surface area contributed by atoms with E-state index in [-0.39, 0.29) is 5.69 Å². The van der Waals surface area contributed by atoms with Crippen molar-refractivity contribution in [2.45, 2.75) is 51.8 Å². The molecule has 3 N–H and O–H groups in total. The molecule has 1 aromatic rings. The Bertz CT molecular complexity index is 564. The number of hydrogen-bond acceptors (Lipinski definition) is 5. The lowest BCUT2D eigenvalue weighted by Crippen LogP contribution is -2.53. The quantitative estimate of drug-likeness (QED) is 0.656. The predicted octanol–water partition coefficient (Wildman–Crippen LogP) is 2.68. The highest BCUT2D eigenvalue weighted by atomic mass is 16.6. The number of carbonyl (C=O) groups excluding carboxylic acids is 1. The number of carbonyl (C=O) groups is 1. The Morgan fingerprint density at radius 2 is 1.95 bits per heavy atom. The third-order valence-electron chi connectivity index (χ3n) is 3.31. The number of nitrogens with two attached hydrogens (primary N) is 1. The van der Waals surface area contributed by atoms with Crippen molar-refractivity contribution in [2.24, 2.45) is 5.73 Å². The molecule has 0 aromatic heterocycles. The average molecular weight is 309 g/mol. The van der Waals surface area contributed by atoms with Crippen LogP contribution >= 0.6 is 0 Å². The summed E-state index contributed by atoms with van der Waals surface area (Å²) in [5.74, 6) is 0. The van der Waals surface area contributed by atoms with E-state index in [1.165, 1.54) is 12.1 Å². The Labute approximate surface area is 130 Å². The molecule has 0 aliphatic rings. The first-order valence-electron chi connectivity index (χ1n) is 6.97. The molecule has 0 saturated heterocycles. The van der Waals surface area contributed by atoms with Crippen molar-refractivity contribution in [3.05, 3.63) is 39.9 Å². The van der Waals surface area contributed by atoms with Crippen LogP contribution < -0.4 is 11.1 Å². The first-order chi connectivity index (χ1) is 9.93. The van der Waals surface area contributed by atoms with Gasteiger partial charge in [-0.3, -0.25) is 10.1 Å². The number of nitrogens with one attached hydrogen (secondary N) is 1. The highest BCUT2D eigenvalue weighted by Gasteiger charge is 2.32. The van der Waals surface area contributed by atoms with Crippen LogP contribution in [0.15, 0.2) is 24.3 Å². The second-order valence-electron chi connectivity index (χ2n) is 6.46. The van der Waals surface area contributed by atoms with E-state index >= 15 is 0 Å². The summed E-state index contributed by atoms with van der Waals surface area (Å²) in [7, 11) is 0. The maximum Gasteiger partial charge on any atom is 0.407 e. The standard InChI is InChI=1S/C15H23N3O4/c1-10(17-13(19)22-14(2,3)4)15(5,16)11-7-6-8-12(9-11)18(20)21/h6-10H,16H2,1-5H3,(H,17,19). The minimum Gasteiger partial charge on any atom is -0.444 e. The number of nitrogens with zero attached hydrogens (tertiary/aromatic N) is 1. The fourth-order valence-electron chi connectivity index (χ4n) is 1.84. The maximum absolute atomic E-state index is 11.8. The van der Waals surface area contributed by atoms with Crippen molar-refractivity contribution in [3.63, 3.8) is 0 Å².